The summed E-state index contributed by atoms with van der Waals surface area (Å²) in [6, 6.07) is 20.0. The Labute approximate surface area is 172 Å². The lowest BCUT2D eigenvalue weighted by atomic mass is 10.1. The van der Waals surface area contributed by atoms with Crippen LogP contribution in [0.5, 0.6) is 5.75 Å². The summed E-state index contributed by atoms with van der Waals surface area (Å²) >= 11 is 12.3. The molecule has 4 rings (SSSR count). The second-order valence-electron chi connectivity index (χ2n) is 6.48. The highest BCUT2D eigenvalue weighted by Crippen LogP contribution is 2.35. The maximum absolute atomic E-state index is 13.2. The van der Waals surface area contributed by atoms with Crippen LogP contribution in [0.1, 0.15) is 11.1 Å². The first-order valence-electron chi connectivity index (χ1n) is 8.72. The maximum atomic E-state index is 13.2. The molecule has 0 fully saturated rings. The predicted molar refractivity (Wildman–Crippen MR) is 113 cm³/mol. The predicted octanol–water partition coefficient (Wildman–Crippen LogP) is 6.65. The van der Waals surface area contributed by atoms with Gasteiger partial charge in [-0.25, -0.2) is 0 Å². The molecule has 4 aromatic rings. The number of halogens is 2. The molecule has 0 N–H and O–H groups in total. The van der Waals surface area contributed by atoms with Gasteiger partial charge in [0.25, 0.3) is 0 Å². The Bertz CT molecular complexity index is 1210. The molecule has 0 radical (unpaired) electrons. The fourth-order valence-electron chi connectivity index (χ4n) is 2.98. The van der Waals surface area contributed by atoms with Gasteiger partial charge in [-0.05, 0) is 48.9 Å². The lowest BCUT2D eigenvalue weighted by molar-refractivity contribution is 0.298. The van der Waals surface area contributed by atoms with Crippen molar-refractivity contribution in [3.63, 3.8) is 0 Å². The van der Waals surface area contributed by atoms with Gasteiger partial charge in [-0.15, -0.1) is 0 Å². The maximum Gasteiger partial charge on any atom is 0.235 e. The number of hydrogen-bond donors (Lipinski definition) is 0. The van der Waals surface area contributed by atoms with E-state index in [0.29, 0.717) is 32.3 Å². The van der Waals surface area contributed by atoms with Gasteiger partial charge in [-0.3, -0.25) is 4.79 Å². The van der Waals surface area contributed by atoms with Crippen molar-refractivity contribution in [2.75, 3.05) is 0 Å². The topological polar surface area (TPSA) is 39.4 Å². The summed E-state index contributed by atoms with van der Waals surface area (Å²) in [6.07, 6.45) is 0. The molecule has 0 aliphatic heterocycles. The van der Waals surface area contributed by atoms with Crippen LogP contribution < -0.4 is 10.2 Å². The minimum atomic E-state index is -0.228. The van der Waals surface area contributed by atoms with Crippen LogP contribution in [-0.4, -0.2) is 0 Å². The monoisotopic (exact) mass is 410 g/mol. The molecular formula is C23H16Cl2O3. The highest BCUT2D eigenvalue weighted by Gasteiger charge is 2.19. The van der Waals surface area contributed by atoms with Gasteiger partial charge in [-0.1, -0.05) is 59.1 Å². The quantitative estimate of drug-likeness (QED) is 0.377. The van der Waals surface area contributed by atoms with E-state index < -0.39 is 0 Å². The van der Waals surface area contributed by atoms with Crippen LogP contribution in [0.4, 0.5) is 0 Å². The van der Waals surface area contributed by atoms with E-state index in [1.807, 2.05) is 37.3 Å². The van der Waals surface area contributed by atoms with Crippen LogP contribution in [0.3, 0.4) is 0 Å². The minimum absolute atomic E-state index is 0.140. The summed E-state index contributed by atoms with van der Waals surface area (Å²) < 4.78 is 12.0. The first kappa shape index (κ1) is 18.6. The Balaban J connectivity index is 1.87. The fraction of sp³-hybridized carbons (Fsp3) is 0.0870. The van der Waals surface area contributed by atoms with Gasteiger partial charge in [0, 0.05) is 10.6 Å². The van der Waals surface area contributed by atoms with Crippen LogP contribution in [0.2, 0.25) is 10.0 Å². The SMILES string of the molecule is Cc1ccc2oc(-c3ccccc3Cl)c(OCc3ccc(Cl)cc3)c(=O)c2c1. The lowest BCUT2D eigenvalue weighted by Crippen LogP contribution is -2.10. The average Bonchev–Trinajstić information content (AvgIpc) is 2.69. The van der Waals surface area contributed by atoms with Crippen molar-refractivity contribution < 1.29 is 9.15 Å². The zero-order valence-corrected chi connectivity index (χ0v) is 16.6. The molecule has 1 heterocycles. The summed E-state index contributed by atoms with van der Waals surface area (Å²) in [7, 11) is 0. The van der Waals surface area contributed by atoms with E-state index in [4.69, 9.17) is 32.4 Å². The lowest BCUT2D eigenvalue weighted by Gasteiger charge is -2.13. The number of rotatable bonds is 4. The molecule has 0 spiro atoms. The summed E-state index contributed by atoms with van der Waals surface area (Å²) in [5, 5.41) is 1.59. The molecule has 0 amide bonds. The second kappa shape index (κ2) is 7.70. The Morgan fingerprint density at radius 3 is 2.46 bits per heavy atom. The van der Waals surface area contributed by atoms with Crippen molar-refractivity contribution in [3.8, 4) is 17.1 Å². The third-order valence-electron chi connectivity index (χ3n) is 4.42. The van der Waals surface area contributed by atoms with E-state index in [9.17, 15) is 4.79 Å². The smallest absolute Gasteiger partial charge is 0.235 e. The van der Waals surface area contributed by atoms with E-state index in [0.717, 1.165) is 11.1 Å². The zero-order valence-electron chi connectivity index (χ0n) is 15.0. The summed E-state index contributed by atoms with van der Waals surface area (Å²) in [4.78, 5) is 13.2. The minimum Gasteiger partial charge on any atom is -0.481 e. The van der Waals surface area contributed by atoms with Crippen molar-refractivity contribution >= 4 is 34.2 Å². The number of hydrogen-bond acceptors (Lipinski definition) is 3. The van der Waals surface area contributed by atoms with Gasteiger partial charge < -0.3 is 9.15 Å². The molecular weight excluding hydrogens is 395 g/mol. The first-order valence-corrected chi connectivity index (χ1v) is 9.48. The highest BCUT2D eigenvalue weighted by molar-refractivity contribution is 6.33. The van der Waals surface area contributed by atoms with Crippen LogP contribution in [0.15, 0.2) is 75.9 Å². The van der Waals surface area contributed by atoms with Crippen molar-refractivity contribution in [1.82, 2.24) is 0 Å². The van der Waals surface area contributed by atoms with Crippen molar-refractivity contribution in [2.45, 2.75) is 13.5 Å². The van der Waals surface area contributed by atoms with E-state index in [1.165, 1.54) is 0 Å². The molecule has 0 aliphatic rings. The summed E-state index contributed by atoms with van der Waals surface area (Å²) in [6.45, 7) is 2.13. The molecule has 0 unspecified atom stereocenters. The molecule has 140 valence electrons. The van der Waals surface area contributed by atoms with E-state index in [1.54, 1.807) is 36.4 Å². The number of aryl methyl sites for hydroxylation is 1. The summed E-state index contributed by atoms with van der Waals surface area (Å²) in [5.41, 5.74) is 2.72. The molecule has 3 nitrogen and oxygen atoms in total. The molecule has 28 heavy (non-hydrogen) atoms. The normalized spacial score (nSPS) is 11.0. The van der Waals surface area contributed by atoms with Crippen LogP contribution in [0.25, 0.3) is 22.3 Å². The van der Waals surface area contributed by atoms with Gasteiger partial charge in [-0.2, -0.15) is 0 Å². The van der Waals surface area contributed by atoms with E-state index in [-0.39, 0.29) is 17.8 Å². The zero-order chi connectivity index (χ0) is 19.7. The van der Waals surface area contributed by atoms with Crippen molar-refractivity contribution in [3.05, 3.63) is 98.1 Å². The molecule has 0 bridgehead atoms. The highest BCUT2D eigenvalue weighted by atomic mass is 35.5. The van der Waals surface area contributed by atoms with Crippen LogP contribution >= 0.6 is 23.2 Å². The van der Waals surface area contributed by atoms with Crippen LogP contribution in [0, 0.1) is 6.92 Å². The number of ether oxygens (including phenoxy) is 1. The van der Waals surface area contributed by atoms with Gasteiger partial charge >= 0.3 is 0 Å². The number of benzene rings is 3. The Morgan fingerprint density at radius 1 is 0.964 bits per heavy atom. The first-order chi connectivity index (χ1) is 13.5. The summed E-state index contributed by atoms with van der Waals surface area (Å²) in [5.74, 6) is 0.460. The van der Waals surface area contributed by atoms with E-state index in [2.05, 4.69) is 0 Å². The molecule has 0 atom stereocenters. The van der Waals surface area contributed by atoms with Crippen molar-refractivity contribution in [2.24, 2.45) is 0 Å². The molecule has 3 aromatic carbocycles. The molecule has 5 heteroatoms. The van der Waals surface area contributed by atoms with Gasteiger partial charge in [0.1, 0.15) is 12.2 Å². The molecule has 1 aromatic heterocycles. The standard InChI is InChI=1S/C23H16Cl2O3/c1-14-6-11-20-18(12-14)21(26)23(27-13-15-7-9-16(24)10-8-15)22(28-20)17-4-2-3-5-19(17)25/h2-12H,13H2,1H3. The van der Waals surface area contributed by atoms with E-state index >= 15 is 0 Å². The van der Waals surface area contributed by atoms with Crippen molar-refractivity contribution in [1.29, 1.82) is 0 Å². The van der Waals surface area contributed by atoms with Crippen LogP contribution in [-0.2, 0) is 6.61 Å². The third kappa shape index (κ3) is 3.64. The Morgan fingerprint density at radius 2 is 1.71 bits per heavy atom. The van der Waals surface area contributed by atoms with Gasteiger partial charge in [0.15, 0.2) is 5.76 Å². The average molecular weight is 411 g/mol. The molecule has 0 aliphatic carbocycles. The molecule has 0 saturated heterocycles. The third-order valence-corrected chi connectivity index (χ3v) is 5.00. The second-order valence-corrected chi connectivity index (χ2v) is 7.33. The fourth-order valence-corrected chi connectivity index (χ4v) is 3.33. The Hall–Kier alpha value is -2.75. The molecule has 0 saturated carbocycles. The Kier molecular flexibility index (Phi) is 5.12. The largest absolute Gasteiger partial charge is 0.481 e. The van der Waals surface area contributed by atoms with Gasteiger partial charge in [0.2, 0.25) is 11.2 Å². The van der Waals surface area contributed by atoms with Gasteiger partial charge in [0.05, 0.1) is 10.4 Å². The number of fused-ring (bicyclic) bond motifs is 1.